The molecule has 0 bridgehead atoms. The second kappa shape index (κ2) is 7.15. The highest BCUT2D eigenvalue weighted by atomic mass is 32.2. The fourth-order valence-corrected chi connectivity index (χ4v) is 3.11. The molecule has 1 amide bonds. The molecule has 0 saturated carbocycles. The van der Waals surface area contributed by atoms with E-state index in [1.807, 2.05) is 11.8 Å². The molecule has 0 aromatic carbocycles. The Hall–Kier alpha value is -0.180. The Kier molecular flexibility index (Phi) is 6.15. The Morgan fingerprint density at radius 2 is 2.13 bits per heavy atom. The SMILES string of the molecule is CCC(CC)CNC(=O)C1CCCCS1. The van der Waals surface area contributed by atoms with Gasteiger partial charge < -0.3 is 5.32 Å². The van der Waals surface area contributed by atoms with E-state index in [-0.39, 0.29) is 11.2 Å². The Labute approximate surface area is 97.6 Å². The summed E-state index contributed by atoms with van der Waals surface area (Å²) >= 11 is 1.83. The zero-order chi connectivity index (χ0) is 11.1. The minimum absolute atomic E-state index is 0.230. The van der Waals surface area contributed by atoms with Gasteiger partial charge in [-0.25, -0.2) is 0 Å². The second-order valence-corrected chi connectivity index (χ2v) is 5.59. The number of carbonyl (C=O) groups excluding carboxylic acids is 1. The van der Waals surface area contributed by atoms with Gasteiger partial charge in [0.1, 0.15) is 0 Å². The highest BCUT2D eigenvalue weighted by molar-refractivity contribution is 8.00. The van der Waals surface area contributed by atoms with Crippen molar-refractivity contribution in [2.45, 2.75) is 51.2 Å². The second-order valence-electron chi connectivity index (χ2n) is 4.28. The van der Waals surface area contributed by atoms with Crippen molar-refractivity contribution in [1.82, 2.24) is 5.32 Å². The summed E-state index contributed by atoms with van der Waals surface area (Å²) in [6, 6.07) is 0. The smallest absolute Gasteiger partial charge is 0.233 e. The summed E-state index contributed by atoms with van der Waals surface area (Å²) in [5.74, 6) is 2.08. The van der Waals surface area contributed by atoms with E-state index >= 15 is 0 Å². The molecule has 1 saturated heterocycles. The van der Waals surface area contributed by atoms with Gasteiger partial charge >= 0.3 is 0 Å². The first kappa shape index (κ1) is 12.9. The molecule has 0 spiro atoms. The molecule has 1 aliphatic rings. The van der Waals surface area contributed by atoms with E-state index in [9.17, 15) is 4.79 Å². The molecule has 2 nitrogen and oxygen atoms in total. The molecular formula is C12H23NOS. The van der Waals surface area contributed by atoms with E-state index in [0.717, 1.165) is 31.6 Å². The van der Waals surface area contributed by atoms with Crippen LogP contribution in [0.5, 0.6) is 0 Å². The molecule has 15 heavy (non-hydrogen) atoms. The number of hydrogen-bond donors (Lipinski definition) is 1. The lowest BCUT2D eigenvalue weighted by Gasteiger charge is -2.21. The predicted molar refractivity (Wildman–Crippen MR) is 67.2 cm³/mol. The van der Waals surface area contributed by atoms with Gasteiger partial charge in [-0.05, 0) is 24.5 Å². The molecule has 1 heterocycles. The zero-order valence-corrected chi connectivity index (χ0v) is 10.7. The summed E-state index contributed by atoms with van der Waals surface area (Å²) in [5, 5.41) is 3.32. The largest absolute Gasteiger partial charge is 0.355 e. The molecule has 0 aliphatic carbocycles. The molecule has 88 valence electrons. The molecule has 1 atom stereocenters. The maximum Gasteiger partial charge on any atom is 0.233 e. The van der Waals surface area contributed by atoms with E-state index in [2.05, 4.69) is 19.2 Å². The number of thioether (sulfide) groups is 1. The van der Waals surface area contributed by atoms with Crippen LogP contribution in [-0.4, -0.2) is 23.5 Å². The van der Waals surface area contributed by atoms with Crippen molar-refractivity contribution in [1.29, 1.82) is 0 Å². The van der Waals surface area contributed by atoms with E-state index in [1.165, 1.54) is 12.8 Å². The normalized spacial score (nSPS) is 21.7. The van der Waals surface area contributed by atoms with Crippen LogP contribution < -0.4 is 5.32 Å². The van der Waals surface area contributed by atoms with E-state index in [4.69, 9.17) is 0 Å². The van der Waals surface area contributed by atoms with Crippen LogP contribution in [0.4, 0.5) is 0 Å². The zero-order valence-electron chi connectivity index (χ0n) is 9.92. The van der Waals surface area contributed by atoms with E-state index in [0.29, 0.717) is 5.92 Å². The Morgan fingerprint density at radius 1 is 1.40 bits per heavy atom. The number of rotatable bonds is 5. The first-order valence-electron chi connectivity index (χ1n) is 6.17. The van der Waals surface area contributed by atoms with Gasteiger partial charge in [-0.15, -0.1) is 11.8 Å². The summed E-state index contributed by atoms with van der Waals surface area (Å²) in [6.45, 7) is 5.24. The summed E-state index contributed by atoms with van der Waals surface area (Å²) in [4.78, 5) is 11.8. The first-order valence-corrected chi connectivity index (χ1v) is 7.22. The molecule has 1 fully saturated rings. The maximum atomic E-state index is 11.8. The Morgan fingerprint density at radius 3 is 2.67 bits per heavy atom. The van der Waals surface area contributed by atoms with E-state index < -0.39 is 0 Å². The lowest BCUT2D eigenvalue weighted by molar-refractivity contribution is -0.120. The van der Waals surface area contributed by atoms with Crippen molar-refractivity contribution in [3.63, 3.8) is 0 Å². The third-order valence-corrected chi connectivity index (χ3v) is 4.57. The predicted octanol–water partition coefficient (Wildman–Crippen LogP) is 2.82. The summed E-state index contributed by atoms with van der Waals surface area (Å²) < 4.78 is 0. The number of hydrogen-bond acceptors (Lipinski definition) is 2. The van der Waals surface area contributed by atoms with Gasteiger partial charge in [0, 0.05) is 6.54 Å². The van der Waals surface area contributed by atoms with E-state index in [1.54, 1.807) is 0 Å². The molecule has 3 heteroatoms. The maximum absolute atomic E-state index is 11.8. The van der Waals surface area contributed by atoms with Crippen LogP contribution in [0.1, 0.15) is 46.0 Å². The average molecular weight is 229 g/mol. The van der Waals surface area contributed by atoms with Crippen molar-refractivity contribution in [2.24, 2.45) is 5.92 Å². The van der Waals surface area contributed by atoms with Crippen LogP contribution in [0.3, 0.4) is 0 Å². The molecule has 1 unspecified atom stereocenters. The molecule has 0 aromatic rings. The Balaban J connectivity index is 2.22. The third kappa shape index (κ3) is 4.45. The van der Waals surface area contributed by atoms with Crippen molar-refractivity contribution < 1.29 is 4.79 Å². The molecule has 1 aliphatic heterocycles. The topological polar surface area (TPSA) is 29.1 Å². The van der Waals surface area contributed by atoms with Crippen LogP contribution in [0, 0.1) is 5.92 Å². The molecular weight excluding hydrogens is 206 g/mol. The quantitative estimate of drug-likeness (QED) is 0.785. The highest BCUT2D eigenvalue weighted by Crippen LogP contribution is 2.25. The summed E-state index contributed by atoms with van der Waals surface area (Å²) in [5.41, 5.74) is 0. The van der Waals surface area contributed by atoms with Gasteiger partial charge in [-0.3, -0.25) is 4.79 Å². The van der Waals surface area contributed by atoms with Gasteiger partial charge in [0.25, 0.3) is 0 Å². The van der Waals surface area contributed by atoms with Gasteiger partial charge in [0.2, 0.25) is 5.91 Å². The fraction of sp³-hybridized carbons (Fsp3) is 0.917. The number of nitrogens with one attached hydrogen (secondary N) is 1. The Bertz CT molecular complexity index is 186. The van der Waals surface area contributed by atoms with Crippen LogP contribution in [0.2, 0.25) is 0 Å². The van der Waals surface area contributed by atoms with Crippen molar-refractivity contribution in [2.75, 3.05) is 12.3 Å². The van der Waals surface area contributed by atoms with Crippen LogP contribution in [-0.2, 0) is 4.79 Å². The van der Waals surface area contributed by atoms with Gasteiger partial charge in [0.15, 0.2) is 0 Å². The summed E-state index contributed by atoms with van der Waals surface area (Å²) in [7, 11) is 0. The van der Waals surface area contributed by atoms with Crippen LogP contribution >= 0.6 is 11.8 Å². The van der Waals surface area contributed by atoms with Crippen LogP contribution in [0.15, 0.2) is 0 Å². The van der Waals surface area contributed by atoms with Gasteiger partial charge in [-0.2, -0.15) is 0 Å². The summed E-state index contributed by atoms with van der Waals surface area (Å²) in [6.07, 6.45) is 5.89. The fourth-order valence-electron chi connectivity index (χ4n) is 1.88. The van der Waals surface area contributed by atoms with Crippen LogP contribution in [0.25, 0.3) is 0 Å². The molecule has 1 N–H and O–H groups in total. The van der Waals surface area contributed by atoms with Crippen molar-refractivity contribution in [3.05, 3.63) is 0 Å². The van der Waals surface area contributed by atoms with Crippen molar-refractivity contribution in [3.8, 4) is 0 Å². The number of carbonyl (C=O) groups is 1. The first-order chi connectivity index (χ1) is 7.27. The minimum atomic E-state index is 0.230. The monoisotopic (exact) mass is 229 g/mol. The standard InChI is InChI=1S/C12H23NOS/c1-3-10(4-2)9-13-12(14)11-7-5-6-8-15-11/h10-11H,3-9H2,1-2H3,(H,13,14). The minimum Gasteiger partial charge on any atom is -0.355 e. The third-order valence-electron chi connectivity index (χ3n) is 3.19. The average Bonchev–Trinajstić information content (AvgIpc) is 2.31. The van der Waals surface area contributed by atoms with Crippen molar-refractivity contribution >= 4 is 17.7 Å². The highest BCUT2D eigenvalue weighted by Gasteiger charge is 2.21. The molecule has 0 radical (unpaired) electrons. The molecule has 1 rings (SSSR count). The lowest BCUT2D eigenvalue weighted by atomic mass is 10.0. The number of amides is 1. The lowest BCUT2D eigenvalue weighted by Crippen LogP contribution is -2.36. The van der Waals surface area contributed by atoms with Gasteiger partial charge in [-0.1, -0.05) is 33.1 Å². The van der Waals surface area contributed by atoms with Gasteiger partial charge in [0.05, 0.1) is 5.25 Å². The molecule has 0 aromatic heterocycles.